The minimum Gasteiger partial charge on any atom is -0.352 e. The zero-order chi connectivity index (χ0) is 17.2. The molecule has 0 radical (unpaired) electrons. The van der Waals surface area contributed by atoms with Crippen molar-refractivity contribution < 1.29 is 9.59 Å². The van der Waals surface area contributed by atoms with Crippen LogP contribution in [0.5, 0.6) is 0 Å². The van der Waals surface area contributed by atoms with E-state index in [9.17, 15) is 9.59 Å². The highest BCUT2D eigenvalue weighted by molar-refractivity contribution is 5.92. The zero-order valence-electron chi connectivity index (χ0n) is 13.3. The van der Waals surface area contributed by atoms with Crippen LogP contribution in [0.25, 0.3) is 0 Å². The van der Waals surface area contributed by atoms with Gasteiger partial charge in [0.15, 0.2) is 0 Å². The predicted octanol–water partition coefficient (Wildman–Crippen LogP) is 2.79. The van der Waals surface area contributed by atoms with Crippen LogP contribution >= 0.6 is 0 Å². The Morgan fingerprint density at radius 2 is 1.67 bits per heavy atom. The molecule has 2 aromatic rings. The number of para-hydroxylation sites is 1. The quantitative estimate of drug-likeness (QED) is 0.822. The van der Waals surface area contributed by atoms with E-state index >= 15 is 0 Å². The molecule has 0 aliphatic carbocycles. The highest BCUT2D eigenvalue weighted by Gasteiger charge is 2.08. The van der Waals surface area contributed by atoms with Crippen LogP contribution in [-0.4, -0.2) is 11.8 Å². The number of nitrogens with one attached hydrogen (secondary N) is 2. The van der Waals surface area contributed by atoms with Crippen LogP contribution < -0.4 is 10.6 Å². The molecule has 0 saturated carbocycles. The van der Waals surface area contributed by atoms with Gasteiger partial charge in [-0.15, -0.1) is 0 Å². The summed E-state index contributed by atoms with van der Waals surface area (Å²) in [6.07, 6.45) is 0.901. The summed E-state index contributed by atoms with van der Waals surface area (Å²) in [6.45, 7) is 0.330. The molecule has 5 heteroatoms. The Kier molecular flexibility index (Phi) is 6.54. The first kappa shape index (κ1) is 17.2. The van der Waals surface area contributed by atoms with Gasteiger partial charge in [0.1, 0.15) is 6.42 Å². The SMILES string of the molecule is N#CCC(=O)Nc1ccccc1CNC(=O)CCc1ccccc1. The van der Waals surface area contributed by atoms with Gasteiger partial charge in [0, 0.05) is 18.7 Å². The van der Waals surface area contributed by atoms with Crippen LogP contribution in [0.4, 0.5) is 5.69 Å². The minimum absolute atomic E-state index is 0.0444. The van der Waals surface area contributed by atoms with Crippen LogP contribution in [-0.2, 0) is 22.6 Å². The van der Waals surface area contributed by atoms with Gasteiger partial charge < -0.3 is 10.6 Å². The molecule has 0 saturated heterocycles. The highest BCUT2D eigenvalue weighted by Crippen LogP contribution is 2.15. The van der Waals surface area contributed by atoms with Gasteiger partial charge in [-0.1, -0.05) is 48.5 Å². The largest absolute Gasteiger partial charge is 0.352 e. The Hall–Kier alpha value is -3.13. The van der Waals surface area contributed by atoms with Gasteiger partial charge in [0.25, 0.3) is 0 Å². The van der Waals surface area contributed by atoms with Gasteiger partial charge in [0.05, 0.1) is 6.07 Å². The number of rotatable bonds is 7. The van der Waals surface area contributed by atoms with Crippen molar-refractivity contribution in [1.29, 1.82) is 5.26 Å². The fourth-order valence-electron chi connectivity index (χ4n) is 2.25. The van der Waals surface area contributed by atoms with E-state index in [1.54, 1.807) is 12.1 Å². The zero-order valence-corrected chi connectivity index (χ0v) is 13.3. The number of carbonyl (C=O) groups is 2. The Morgan fingerprint density at radius 3 is 2.42 bits per heavy atom. The summed E-state index contributed by atoms with van der Waals surface area (Å²) in [7, 11) is 0. The molecule has 2 aromatic carbocycles. The van der Waals surface area contributed by atoms with Gasteiger partial charge in [-0.25, -0.2) is 0 Å². The lowest BCUT2D eigenvalue weighted by molar-refractivity contribution is -0.121. The second-order valence-corrected chi connectivity index (χ2v) is 5.30. The molecule has 122 valence electrons. The highest BCUT2D eigenvalue weighted by atomic mass is 16.2. The van der Waals surface area contributed by atoms with Crippen LogP contribution in [0, 0.1) is 11.3 Å². The van der Waals surface area contributed by atoms with Crippen molar-refractivity contribution in [3.63, 3.8) is 0 Å². The van der Waals surface area contributed by atoms with Gasteiger partial charge in [-0.2, -0.15) is 5.26 Å². The number of benzene rings is 2. The van der Waals surface area contributed by atoms with Crippen LogP contribution in [0.15, 0.2) is 54.6 Å². The summed E-state index contributed by atoms with van der Waals surface area (Å²) in [5.74, 6) is -0.405. The molecular weight excluding hydrogens is 302 g/mol. The maximum atomic E-state index is 12.0. The number of amides is 2. The van der Waals surface area contributed by atoms with E-state index in [0.29, 0.717) is 25.1 Å². The lowest BCUT2D eigenvalue weighted by Crippen LogP contribution is -2.24. The molecule has 0 bridgehead atoms. The van der Waals surface area contributed by atoms with Gasteiger partial charge in [-0.05, 0) is 23.6 Å². The number of nitrogens with zero attached hydrogens (tertiary/aromatic N) is 1. The number of nitriles is 1. The monoisotopic (exact) mass is 321 g/mol. The maximum Gasteiger partial charge on any atom is 0.238 e. The summed E-state index contributed by atoms with van der Waals surface area (Å²) >= 11 is 0. The topological polar surface area (TPSA) is 82.0 Å². The molecular formula is C19H19N3O2. The second kappa shape index (κ2) is 9.11. The summed E-state index contributed by atoms with van der Waals surface area (Å²) < 4.78 is 0. The first-order chi connectivity index (χ1) is 11.7. The molecule has 0 fully saturated rings. The molecule has 0 spiro atoms. The van der Waals surface area contributed by atoms with E-state index in [0.717, 1.165) is 11.1 Å². The molecule has 2 N–H and O–H groups in total. The average Bonchev–Trinajstić information content (AvgIpc) is 2.60. The van der Waals surface area contributed by atoms with E-state index in [-0.39, 0.29) is 18.2 Å². The molecule has 0 aromatic heterocycles. The van der Waals surface area contributed by atoms with Crippen LogP contribution in [0.2, 0.25) is 0 Å². The average molecular weight is 321 g/mol. The summed E-state index contributed by atoms with van der Waals surface area (Å²) in [5.41, 5.74) is 2.54. The summed E-state index contributed by atoms with van der Waals surface area (Å²) in [4.78, 5) is 23.5. The standard InChI is InChI=1S/C19H19N3O2/c20-13-12-19(24)22-17-9-5-4-8-16(17)14-21-18(23)11-10-15-6-2-1-3-7-15/h1-9H,10-12,14H2,(H,21,23)(H,22,24). The van der Waals surface area contributed by atoms with Crippen LogP contribution in [0.1, 0.15) is 24.0 Å². The Morgan fingerprint density at radius 1 is 0.958 bits per heavy atom. The van der Waals surface area contributed by atoms with E-state index in [2.05, 4.69) is 10.6 Å². The third kappa shape index (κ3) is 5.58. The smallest absolute Gasteiger partial charge is 0.238 e. The Bertz CT molecular complexity index is 736. The van der Waals surface area contributed by atoms with E-state index < -0.39 is 0 Å². The van der Waals surface area contributed by atoms with Crippen molar-refractivity contribution in [1.82, 2.24) is 5.32 Å². The normalized spacial score (nSPS) is 9.79. The molecule has 0 heterocycles. The number of anilines is 1. The minimum atomic E-state index is -0.361. The summed E-state index contributed by atoms with van der Waals surface area (Å²) in [5, 5.41) is 14.1. The molecule has 2 rings (SSSR count). The lowest BCUT2D eigenvalue weighted by atomic mass is 10.1. The molecule has 5 nitrogen and oxygen atoms in total. The molecule has 0 aliphatic heterocycles. The second-order valence-electron chi connectivity index (χ2n) is 5.30. The van der Waals surface area contributed by atoms with Gasteiger partial charge in [-0.3, -0.25) is 9.59 Å². The molecule has 0 aliphatic rings. The maximum absolute atomic E-state index is 12.0. The van der Waals surface area contributed by atoms with Crippen molar-refractivity contribution in [2.45, 2.75) is 25.8 Å². The predicted molar refractivity (Wildman–Crippen MR) is 91.9 cm³/mol. The van der Waals surface area contributed by atoms with Crippen molar-refractivity contribution in [3.8, 4) is 6.07 Å². The van der Waals surface area contributed by atoms with Gasteiger partial charge >= 0.3 is 0 Å². The Balaban J connectivity index is 1.86. The number of hydrogen-bond donors (Lipinski definition) is 2. The molecule has 2 amide bonds. The molecule has 0 unspecified atom stereocenters. The Labute approximate surface area is 141 Å². The van der Waals surface area contributed by atoms with Crippen molar-refractivity contribution in [3.05, 3.63) is 65.7 Å². The lowest BCUT2D eigenvalue weighted by Gasteiger charge is -2.11. The number of hydrogen-bond acceptors (Lipinski definition) is 3. The van der Waals surface area contributed by atoms with Crippen molar-refractivity contribution in [2.24, 2.45) is 0 Å². The molecule has 24 heavy (non-hydrogen) atoms. The van der Waals surface area contributed by atoms with Gasteiger partial charge in [0.2, 0.25) is 11.8 Å². The van der Waals surface area contributed by atoms with E-state index in [1.807, 2.05) is 48.5 Å². The van der Waals surface area contributed by atoms with Crippen molar-refractivity contribution >= 4 is 17.5 Å². The van der Waals surface area contributed by atoms with Crippen molar-refractivity contribution in [2.75, 3.05) is 5.32 Å². The summed E-state index contributed by atoms with van der Waals surface area (Å²) in [6, 6.07) is 18.9. The first-order valence-electron chi connectivity index (χ1n) is 7.74. The fraction of sp³-hybridized carbons (Fsp3) is 0.211. The van der Waals surface area contributed by atoms with E-state index in [4.69, 9.17) is 5.26 Å². The van der Waals surface area contributed by atoms with E-state index in [1.165, 1.54) is 0 Å². The number of carbonyl (C=O) groups excluding carboxylic acids is 2. The number of aryl methyl sites for hydroxylation is 1. The molecule has 0 atom stereocenters. The first-order valence-corrected chi connectivity index (χ1v) is 7.74. The third-order valence-corrected chi connectivity index (χ3v) is 3.49. The third-order valence-electron chi connectivity index (χ3n) is 3.49. The van der Waals surface area contributed by atoms with Crippen LogP contribution in [0.3, 0.4) is 0 Å². The fourth-order valence-corrected chi connectivity index (χ4v) is 2.25.